The Balaban J connectivity index is 1.31. The SMILES string of the molecule is CCCc1sc(N2CCN(c3ccc([N+](=O)[O-])c(NC4CC4)c3)CC2)nc1-c1ccccc1. The molecule has 2 heterocycles. The Morgan fingerprint density at radius 2 is 1.82 bits per heavy atom. The fourth-order valence-corrected chi connectivity index (χ4v) is 5.53. The highest BCUT2D eigenvalue weighted by molar-refractivity contribution is 7.16. The Hall–Kier alpha value is -3.13. The summed E-state index contributed by atoms with van der Waals surface area (Å²) < 4.78 is 0. The zero-order valence-electron chi connectivity index (χ0n) is 18.9. The van der Waals surface area contributed by atoms with Crippen molar-refractivity contribution in [2.45, 2.75) is 38.6 Å². The number of nitrogens with one attached hydrogen (secondary N) is 1. The minimum atomic E-state index is -0.299. The minimum Gasteiger partial charge on any atom is -0.377 e. The zero-order valence-corrected chi connectivity index (χ0v) is 19.7. The highest BCUT2D eigenvalue weighted by Gasteiger charge is 2.27. The van der Waals surface area contributed by atoms with Gasteiger partial charge in [-0.2, -0.15) is 0 Å². The molecule has 0 radical (unpaired) electrons. The summed E-state index contributed by atoms with van der Waals surface area (Å²) in [6, 6.07) is 16.3. The van der Waals surface area contributed by atoms with Gasteiger partial charge in [-0.15, -0.1) is 11.3 Å². The predicted molar refractivity (Wildman–Crippen MR) is 136 cm³/mol. The molecule has 0 amide bonds. The van der Waals surface area contributed by atoms with Gasteiger partial charge in [-0.25, -0.2) is 4.98 Å². The lowest BCUT2D eigenvalue weighted by atomic mass is 10.1. The molecule has 2 fully saturated rings. The van der Waals surface area contributed by atoms with E-state index in [0.717, 1.165) is 68.4 Å². The Kier molecular flexibility index (Phi) is 6.17. The van der Waals surface area contributed by atoms with E-state index in [2.05, 4.69) is 46.3 Å². The third kappa shape index (κ3) is 4.80. The number of hydrogen-bond donors (Lipinski definition) is 1. The third-order valence-corrected chi connectivity index (χ3v) is 7.42. The van der Waals surface area contributed by atoms with Crippen LogP contribution in [0.15, 0.2) is 48.5 Å². The quantitative estimate of drug-likeness (QED) is 0.348. The fourth-order valence-electron chi connectivity index (χ4n) is 4.29. The Morgan fingerprint density at radius 3 is 2.48 bits per heavy atom. The average molecular weight is 464 g/mol. The van der Waals surface area contributed by atoms with Crippen molar-refractivity contribution < 1.29 is 4.92 Å². The minimum absolute atomic E-state index is 0.156. The molecule has 0 unspecified atom stereocenters. The van der Waals surface area contributed by atoms with Crippen LogP contribution in [0.1, 0.15) is 31.1 Å². The van der Waals surface area contributed by atoms with Crippen LogP contribution in [0.5, 0.6) is 0 Å². The maximum Gasteiger partial charge on any atom is 0.292 e. The van der Waals surface area contributed by atoms with Crippen LogP contribution in [-0.4, -0.2) is 42.1 Å². The molecule has 1 saturated carbocycles. The van der Waals surface area contributed by atoms with Crippen LogP contribution < -0.4 is 15.1 Å². The molecule has 2 aliphatic rings. The van der Waals surface area contributed by atoms with Gasteiger partial charge >= 0.3 is 0 Å². The number of nitro benzene ring substituents is 1. The molecule has 5 rings (SSSR count). The van der Waals surface area contributed by atoms with E-state index in [9.17, 15) is 10.1 Å². The van der Waals surface area contributed by atoms with Crippen LogP contribution in [0.4, 0.5) is 22.2 Å². The van der Waals surface area contributed by atoms with E-state index in [1.54, 1.807) is 6.07 Å². The standard InChI is InChI=1S/C25H29N5O2S/c1-2-6-23-24(18-7-4-3-5-8-18)27-25(33-23)29-15-13-28(14-16-29)20-11-12-22(30(31)32)21(17-20)26-19-9-10-19/h3-5,7-8,11-12,17,19,26H,2,6,9-10,13-16H2,1H3. The Morgan fingerprint density at radius 1 is 1.09 bits per heavy atom. The summed E-state index contributed by atoms with van der Waals surface area (Å²) in [7, 11) is 0. The van der Waals surface area contributed by atoms with Gasteiger partial charge in [0.1, 0.15) is 5.69 Å². The largest absolute Gasteiger partial charge is 0.377 e. The number of benzene rings is 2. The van der Waals surface area contributed by atoms with Crippen LogP contribution in [0.3, 0.4) is 0 Å². The van der Waals surface area contributed by atoms with Gasteiger partial charge < -0.3 is 15.1 Å². The molecular formula is C25H29N5O2S. The van der Waals surface area contributed by atoms with Crippen LogP contribution in [0.2, 0.25) is 0 Å². The maximum atomic E-state index is 11.4. The second kappa shape index (κ2) is 9.39. The van der Waals surface area contributed by atoms with E-state index in [1.165, 1.54) is 10.4 Å². The molecule has 0 atom stereocenters. The molecule has 0 bridgehead atoms. The summed E-state index contributed by atoms with van der Waals surface area (Å²) in [5.74, 6) is 0. The highest BCUT2D eigenvalue weighted by atomic mass is 32.1. The zero-order chi connectivity index (χ0) is 22.8. The van der Waals surface area contributed by atoms with E-state index in [0.29, 0.717) is 11.7 Å². The van der Waals surface area contributed by atoms with Crippen molar-refractivity contribution in [1.29, 1.82) is 0 Å². The molecule has 7 nitrogen and oxygen atoms in total. The molecule has 1 N–H and O–H groups in total. The lowest BCUT2D eigenvalue weighted by Gasteiger charge is -2.36. The monoisotopic (exact) mass is 463 g/mol. The summed E-state index contributed by atoms with van der Waals surface area (Å²) in [6.45, 7) is 5.71. The van der Waals surface area contributed by atoms with Gasteiger partial charge in [0.2, 0.25) is 0 Å². The second-order valence-corrected chi connectivity index (χ2v) is 9.80. The molecule has 0 spiro atoms. The lowest BCUT2D eigenvalue weighted by Crippen LogP contribution is -2.46. The first kappa shape index (κ1) is 21.7. The normalized spacial score (nSPS) is 16.2. The van der Waals surface area contributed by atoms with Gasteiger partial charge in [0.15, 0.2) is 5.13 Å². The first-order valence-electron chi connectivity index (χ1n) is 11.7. The number of hydrogen-bond acceptors (Lipinski definition) is 7. The van der Waals surface area contributed by atoms with Gasteiger partial charge in [-0.05, 0) is 31.4 Å². The number of thiazole rings is 1. The smallest absolute Gasteiger partial charge is 0.292 e. The van der Waals surface area contributed by atoms with E-state index < -0.39 is 0 Å². The summed E-state index contributed by atoms with van der Waals surface area (Å²) in [5, 5.41) is 15.9. The second-order valence-electron chi connectivity index (χ2n) is 8.74. The number of rotatable bonds is 8. The van der Waals surface area contributed by atoms with Crippen LogP contribution in [0, 0.1) is 10.1 Å². The highest BCUT2D eigenvalue weighted by Crippen LogP contribution is 2.36. The third-order valence-electron chi connectivity index (χ3n) is 6.24. The van der Waals surface area contributed by atoms with Gasteiger partial charge in [0, 0.05) is 54.4 Å². The van der Waals surface area contributed by atoms with Crippen molar-refractivity contribution in [2.24, 2.45) is 0 Å². The number of nitrogens with zero attached hydrogens (tertiary/aromatic N) is 4. The number of aryl methyl sites for hydroxylation is 1. The maximum absolute atomic E-state index is 11.4. The molecular weight excluding hydrogens is 434 g/mol. The van der Waals surface area contributed by atoms with Gasteiger partial charge in [-0.3, -0.25) is 10.1 Å². The molecule has 172 valence electrons. The fraction of sp³-hybridized carbons (Fsp3) is 0.400. The number of nitro groups is 1. The predicted octanol–water partition coefficient (Wildman–Crippen LogP) is 5.57. The first-order chi connectivity index (χ1) is 16.1. The Labute approximate surface area is 198 Å². The van der Waals surface area contributed by atoms with E-state index in [4.69, 9.17) is 4.98 Å². The molecule has 8 heteroatoms. The number of aromatic nitrogens is 1. The van der Waals surface area contributed by atoms with E-state index in [1.807, 2.05) is 29.5 Å². The molecule has 1 aromatic heterocycles. The molecule has 33 heavy (non-hydrogen) atoms. The number of anilines is 3. The van der Waals surface area contributed by atoms with Crippen LogP contribution in [-0.2, 0) is 6.42 Å². The van der Waals surface area contributed by atoms with Crippen molar-refractivity contribution in [2.75, 3.05) is 41.3 Å². The molecule has 1 aliphatic carbocycles. The van der Waals surface area contributed by atoms with Crippen molar-refractivity contribution >= 4 is 33.5 Å². The first-order valence-corrected chi connectivity index (χ1v) is 12.5. The van der Waals surface area contributed by atoms with Crippen molar-refractivity contribution in [1.82, 2.24) is 4.98 Å². The van der Waals surface area contributed by atoms with Crippen molar-refractivity contribution in [3.05, 3.63) is 63.5 Å². The Bertz CT molecular complexity index is 1120. The van der Waals surface area contributed by atoms with E-state index >= 15 is 0 Å². The van der Waals surface area contributed by atoms with Gasteiger partial charge in [-0.1, -0.05) is 43.7 Å². The lowest BCUT2D eigenvalue weighted by molar-refractivity contribution is -0.384. The van der Waals surface area contributed by atoms with E-state index in [-0.39, 0.29) is 10.6 Å². The summed E-state index contributed by atoms with van der Waals surface area (Å²) in [5.41, 5.74) is 4.14. The van der Waals surface area contributed by atoms with Crippen molar-refractivity contribution in [3.63, 3.8) is 0 Å². The van der Waals surface area contributed by atoms with Crippen LogP contribution in [0.25, 0.3) is 11.3 Å². The summed E-state index contributed by atoms with van der Waals surface area (Å²) in [6.07, 6.45) is 4.31. The molecule has 3 aromatic rings. The summed E-state index contributed by atoms with van der Waals surface area (Å²) in [4.78, 5) is 22.2. The van der Waals surface area contributed by atoms with Gasteiger partial charge in [0.25, 0.3) is 5.69 Å². The topological polar surface area (TPSA) is 74.5 Å². The van der Waals surface area contributed by atoms with Crippen LogP contribution >= 0.6 is 11.3 Å². The average Bonchev–Trinajstić information content (AvgIpc) is 3.56. The summed E-state index contributed by atoms with van der Waals surface area (Å²) >= 11 is 1.82. The number of piperazine rings is 1. The molecule has 1 saturated heterocycles. The molecule has 1 aliphatic heterocycles. The van der Waals surface area contributed by atoms with Crippen molar-refractivity contribution in [3.8, 4) is 11.3 Å². The molecule has 2 aromatic carbocycles. The van der Waals surface area contributed by atoms with Gasteiger partial charge in [0.05, 0.1) is 10.6 Å².